The molecule has 0 aliphatic carbocycles. The van der Waals surface area contributed by atoms with Gasteiger partial charge in [-0.1, -0.05) is 23.9 Å². The maximum absolute atomic E-state index is 4.49. The van der Waals surface area contributed by atoms with Crippen molar-refractivity contribution in [3.05, 3.63) is 24.3 Å². The molecule has 0 aliphatic heterocycles. The summed E-state index contributed by atoms with van der Waals surface area (Å²) in [4.78, 5) is 5.46. The zero-order chi connectivity index (χ0) is 9.54. The minimum atomic E-state index is 0.968. The zero-order valence-corrected chi connectivity index (χ0v) is 9.10. The van der Waals surface area contributed by atoms with Gasteiger partial charge < -0.3 is 0 Å². The van der Waals surface area contributed by atoms with E-state index in [0.29, 0.717) is 0 Å². The predicted octanol–water partition coefficient (Wildman–Crippen LogP) is 2.67. The number of para-hydroxylation sites is 2. The van der Waals surface area contributed by atoms with E-state index >= 15 is 0 Å². The summed E-state index contributed by atoms with van der Waals surface area (Å²) in [6.45, 7) is 0. The van der Waals surface area contributed by atoms with E-state index in [0.717, 1.165) is 21.2 Å². The number of thioether (sulfide) groups is 1. The van der Waals surface area contributed by atoms with Crippen LogP contribution in [0.2, 0.25) is 0 Å². The largest absolute Gasteiger partial charge is 0.261 e. The first-order chi connectivity index (χ1) is 6.90. The Bertz CT molecular complexity index is 596. The maximum atomic E-state index is 4.49. The number of hydrogen-bond acceptors (Lipinski definition) is 4. The highest BCUT2D eigenvalue weighted by molar-refractivity contribution is 7.98. The third kappa shape index (κ3) is 0.994. The molecule has 0 spiro atoms. The van der Waals surface area contributed by atoms with Crippen molar-refractivity contribution in [2.45, 2.75) is 5.16 Å². The third-order valence-corrected chi connectivity index (χ3v) is 3.57. The number of nitrogens with zero attached hydrogens (tertiary/aromatic N) is 3. The molecule has 14 heavy (non-hydrogen) atoms. The molecule has 0 unspecified atom stereocenters. The topological polar surface area (TPSA) is 30.2 Å². The van der Waals surface area contributed by atoms with Crippen LogP contribution in [0.25, 0.3) is 16.0 Å². The fraction of sp³-hybridized carbons (Fsp3) is 0.111. The lowest BCUT2D eigenvalue weighted by Gasteiger charge is -1.92. The molecule has 0 amide bonds. The molecule has 0 saturated heterocycles. The number of benzene rings is 1. The highest BCUT2D eigenvalue weighted by Gasteiger charge is 2.09. The summed E-state index contributed by atoms with van der Waals surface area (Å²) in [5, 5.41) is 1.01. The van der Waals surface area contributed by atoms with Crippen molar-refractivity contribution in [2.24, 2.45) is 0 Å². The Morgan fingerprint density at radius 1 is 1.36 bits per heavy atom. The Kier molecular flexibility index (Phi) is 1.75. The summed E-state index contributed by atoms with van der Waals surface area (Å²) in [6.07, 6.45) is 2.03. The van der Waals surface area contributed by atoms with Crippen LogP contribution in [0.15, 0.2) is 29.4 Å². The first-order valence-corrected chi connectivity index (χ1v) is 6.17. The van der Waals surface area contributed by atoms with Crippen LogP contribution in [0, 0.1) is 0 Å². The molecule has 0 aliphatic rings. The zero-order valence-electron chi connectivity index (χ0n) is 7.47. The lowest BCUT2D eigenvalue weighted by Crippen LogP contribution is -1.82. The fourth-order valence-corrected chi connectivity index (χ4v) is 2.98. The molecule has 0 bridgehead atoms. The number of rotatable bonds is 1. The number of imidazole rings is 1. The molecule has 2 aromatic heterocycles. The smallest absolute Gasteiger partial charge is 0.214 e. The minimum Gasteiger partial charge on any atom is -0.261 e. The molecule has 70 valence electrons. The molecule has 5 heteroatoms. The van der Waals surface area contributed by atoms with Crippen LogP contribution in [-0.4, -0.2) is 20.0 Å². The molecule has 0 N–H and O–H groups in total. The SMILES string of the molecule is CSc1nsc2nc3ccccc3n12. The van der Waals surface area contributed by atoms with E-state index in [1.807, 2.05) is 24.5 Å². The van der Waals surface area contributed by atoms with Gasteiger partial charge in [0.25, 0.3) is 0 Å². The first-order valence-electron chi connectivity index (χ1n) is 4.17. The van der Waals surface area contributed by atoms with Crippen LogP contribution < -0.4 is 0 Å². The Morgan fingerprint density at radius 2 is 2.21 bits per heavy atom. The van der Waals surface area contributed by atoms with Crippen LogP contribution in [0.4, 0.5) is 0 Å². The van der Waals surface area contributed by atoms with Crippen LogP contribution in [0.5, 0.6) is 0 Å². The van der Waals surface area contributed by atoms with Crippen molar-refractivity contribution in [3.63, 3.8) is 0 Å². The van der Waals surface area contributed by atoms with Gasteiger partial charge in [0, 0.05) is 11.5 Å². The van der Waals surface area contributed by atoms with Crippen molar-refractivity contribution in [3.8, 4) is 0 Å². The summed E-state index contributed by atoms with van der Waals surface area (Å²) >= 11 is 3.09. The van der Waals surface area contributed by atoms with E-state index in [4.69, 9.17) is 0 Å². The van der Waals surface area contributed by atoms with Crippen LogP contribution >= 0.6 is 23.3 Å². The van der Waals surface area contributed by atoms with Crippen molar-refractivity contribution >= 4 is 39.3 Å². The van der Waals surface area contributed by atoms with Gasteiger partial charge >= 0.3 is 0 Å². The molecule has 0 radical (unpaired) electrons. The number of hydrogen-bond donors (Lipinski definition) is 0. The summed E-state index contributed by atoms with van der Waals surface area (Å²) in [5.74, 6) is 0. The quantitative estimate of drug-likeness (QED) is 0.592. The average Bonchev–Trinajstić information content (AvgIpc) is 2.75. The van der Waals surface area contributed by atoms with Gasteiger partial charge in [-0.3, -0.25) is 4.40 Å². The molecule has 0 saturated carbocycles. The van der Waals surface area contributed by atoms with Crippen LogP contribution in [-0.2, 0) is 0 Å². The molecule has 0 fully saturated rings. The van der Waals surface area contributed by atoms with Crippen molar-refractivity contribution in [1.29, 1.82) is 0 Å². The van der Waals surface area contributed by atoms with Crippen molar-refractivity contribution < 1.29 is 0 Å². The number of fused-ring (bicyclic) bond motifs is 3. The van der Waals surface area contributed by atoms with Gasteiger partial charge in [0.05, 0.1) is 11.0 Å². The minimum absolute atomic E-state index is 0.968. The van der Waals surface area contributed by atoms with E-state index in [1.54, 1.807) is 11.8 Å². The monoisotopic (exact) mass is 221 g/mol. The van der Waals surface area contributed by atoms with E-state index in [9.17, 15) is 0 Å². The molecule has 3 nitrogen and oxygen atoms in total. The van der Waals surface area contributed by atoms with Gasteiger partial charge in [-0.25, -0.2) is 4.98 Å². The molecule has 3 rings (SSSR count). The summed E-state index contributed by atoms with van der Waals surface area (Å²) in [6, 6.07) is 8.13. The Hall–Kier alpha value is -1.07. The third-order valence-electron chi connectivity index (χ3n) is 2.11. The Labute approximate surface area is 88.9 Å². The predicted molar refractivity (Wildman–Crippen MR) is 60.2 cm³/mol. The highest BCUT2D eigenvalue weighted by Crippen LogP contribution is 2.25. The van der Waals surface area contributed by atoms with Crippen molar-refractivity contribution in [2.75, 3.05) is 6.26 Å². The van der Waals surface area contributed by atoms with E-state index in [-0.39, 0.29) is 0 Å². The lowest BCUT2D eigenvalue weighted by molar-refractivity contribution is 1.01. The van der Waals surface area contributed by atoms with Crippen molar-refractivity contribution in [1.82, 2.24) is 13.8 Å². The van der Waals surface area contributed by atoms with E-state index in [2.05, 4.69) is 19.8 Å². The standard InChI is InChI=1S/C9H7N3S2/c1-13-9-11-14-8-10-6-4-2-3-5-7(6)12(8)9/h2-5H,1H3. The molecule has 2 heterocycles. The van der Waals surface area contributed by atoms with Gasteiger partial charge in [-0.05, 0) is 18.4 Å². The Morgan fingerprint density at radius 3 is 3.07 bits per heavy atom. The van der Waals surface area contributed by atoms with Gasteiger partial charge in [0.2, 0.25) is 4.96 Å². The van der Waals surface area contributed by atoms with Gasteiger partial charge in [-0.15, -0.1) is 0 Å². The van der Waals surface area contributed by atoms with Gasteiger partial charge in [0.1, 0.15) is 0 Å². The molecule has 0 atom stereocenters. The maximum Gasteiger partial charge on any atom is 0.214 e. The molecule has 3 aromatic rings. The number of aromatic nitrogens is 3. The fourth-order valence-electron chi connectivity index (χ4n) is 1.50. The second-order valence-electron chi connectivity index (χ2n) is 2.89. The Balaban J connectivity index is 2.54. The van der Waals surface area contributed by atoms with E-state index < -0.39 is 0 Å². The van der Waals surface area contributed by atoms with E-state index in [1.165, 1.54) is 11.5 Å². The second kappa shape index (κ2) is 2.96. The van der Waals surface area contributed by atoms with Gasteiger partial charge in [0.15, 0.2) is 5.16 Å². The van der Waals surface area contributed by atoms with Gasteiger partial charge in [-0.2, -0.15) is 4.37 Å². The molecular formula is C9H7N3S2. The summed E-state index contributed by atoms with van der Waals surface area (Å²) in [5.41, 5.74) is 2.18. The molecule has 1 aromatic carbocycles. The average molecular weight is 221 g/mol. The van der Waals surface area contributed by atoms with Crippen LogP contribution in [0.3, 0.4) is 0 Å². The first kappa shape index (κ1) is 8.26. The van der Waals surface area contributed by atoms with Crippen LogP contribution in [0.1, 0.15) is 0 Å². The summed E-state index contributed by atoms with van der Waals surface area (Å²) in [7, 11) is 0. The second-order valence-corrected chi connectivity index (χ2v) is 4.39. The lowest BCUT2D eigenvalue weighted by atomic mass is 10.3. The highest BCUT2D eigenvalue weighted by atomic mass is 32.2. The summed E-state index contributed by atoms with van der Waals surface area (Å²) < 4.78 is 6.43. The normalized spacial score (nSPS) is 11.5. The molecular weight excluding hydrogens is 214 g/mol.